The van der Waals surface area contributed by atoms with Crippen LogP contribution in [0, 0.1) is 0 Å². The third-order valence-electron chi connectivity index (χ3n) is 15.5. The SMILES string of the molecule is CCCCCCC/C=C\C/C=C\CCCCCCCCCCCCCCCC(=O)OC(COC(=O)CCCCCCCCCCCCCCCCCCCCCCCCCCCCCCC)COP(=O)([O-])OCC[N+](C)(C)C. The Bertz CT molecular complexity index is 1370. The lowest BCUT2D eigenvalue weighted by molar-refractivity contribution is -0.870. The van der Waals surface area contributed by atoms with Gasteiger partial charge in [-0.25, -0.2) is 0 Å². The van der Waals surface area contributed by atoms with Gasteiger partial charge in [-0.05, 0) is 44.9 Å². The first-order valence-corrected chi connectivity index (χ1v) is 35.5. The van der Waals surface area contributed by atoms with Crippen molar-refractivity contribution in [2.24, 2.45) is 0 Å². The average Bonchev–Trinajstić information content (AvgIpc) is 3.40. The fourth-order valence-corrected chi connectivity index (χ4v) is 10.9. The van der Waals surface area contributed by atoms with E-state index >= 15 is 0 Å². The van der Waals surface area contributed by atoms with Crippen molar-refractivity contribution in [2.75, 3.05) is 47.5 Å². The number of esters is 2. The van der Waals surface area contributed by atoms with Crippen molar-refractivity contribution < 1.29 is 42.1 Å². The van der Waals surface area contributed by atoms with E-state index in [1.807, 2.05) is 21.1 Å². The highest BCUT2D eigenvalue weighted by atomic mass is 31.2. The van der Waals surface area contributed by atoms with Gasteiger partial charge in [-0.15, -0.1) is 0 Å². The smallest absolute Gasteiger partial charge is 0.306 e. The maximum Gasteiger partial charge on any atom is 0.306 e. The van der Waals surface area contributed by atoms with E-state index < -0.39 is 26.5 Å². The van der Waals surface area contributed by atoms with Crippen molar-refractivity contribution in [3.8, 4) is 0 Å². The predicted molar refractivity (Wildman–Crippen MR) is 333 cm³/mol. The highest BCUT2D eigenvalue weighted by Crippen LogP contribution is 2.38. The molecule has 0 bridgehead atoms. The summed E-state index contributed by atoms with van der Waals surface area (Å²) in [6.45, 7) is 4.30. The summed E-state index contributed by atoms with van der Waals surface area (Å²) in [5.74, 6) is -0.813. The molecule has 0 saturated heterocycles. The number of rotatable bonds is 64. The van der Waals surface area contributed by atoms with Crippen LogP contribution in [-0.4, -0.2) is 70.0 Å². The summed E-state index contributed by atoms with van der Waals surface area (Å²) in [6, 6.07) is 0. The van der Waals surface area contributed by atoms with Gasteiger partial charge < -0.3 is 27.9 Å². The molecule has 0 aromatic rings. The Morgan fingerprint density at radius 2 is 0.692 bits per heavy atom. The van der Waals surface area contributed by atoms with Crippen LogP contribution >= 0.6 is 7.82 Å². The van der Waals surface area contributed by atoms with Crippen LogP contribution in [-0.2, 0) is 32.7 Å². The Morgan fingerprint density at radius 1 is 0.397 bits per heavy atom. The van der Waals surface area contributed by atoms with Crippen LogP contribution in [0.4, 0.5) is 0 Å². The second-order valence-corrected chi connectivity index (χ2v) is 26.0. The Hall–Kier alpha value is -1.51. The lowest BCUT2D eigenvalue weighted by atomic mass is 10.0. The summed E-state index contributed by atoms with van der Waals surface area (Å²) in [4.78, 5) is 38.0. The molecule has 0 aliphatic rings. The number of ether oxygens (including phenoxy) is 2. The van der Waals surface area contributed by atoms with E-state index in [9.17, 15) is 19.0 Å². The molecule has 0 aromatic heterocycles. The number of phosphoric acid groups is 1. The Labute approximate surface area is 485 Å². The topological polar surface area (TPSA) is 111 Å². The highest BCUT2D eigenvalue weighted by Gasteiger charge is 2.22. The van der Waals surface area contributed by atoms with Crippen LogP contribution in [0.3, 0.4) is 0 Å². The second kappa shape index (κ2) is 60.1. The number of allylic oxidation sites excluding steroid dienone is 4. The van der Waals surface area contributed by atoms with Gasteiger partial charge in [0.15, 0.2) is 6.10 Å². The number of phosphoric ester groups is 1. The van der Waals surface area contributed by atoms with E-state index in [2.05, 4.69) is 38.2 Å². The van der Waals surface area contributed by atoms with Crippen LogP contribution in [0.1, 0.15) is 348 Å². The summed E-state index contributed by atoms with van der Waals surface area (Å²) < 4.78 is 34.3. The van der Waals surface area contributed by atoms with Crippen LogP contribution in [0.5, 0.6) is 0 Å². The molecule has 0 aromatic carbocycles. The first-order valence-electron chi connectivity index (χ1n) is 34.0. The molecule has 0 aliphatic heterocycles. The molecule has 0 saturated carbocycles. The number of likely N-dealkylation sites (N-methyl/N-ethyl adjacent to an activating group) is 1. The zero-order valence-corrected chi connectivity index (χ0v) is 53.5. The van der Waals surface area contributed by atoms with Crippen LogP contribution in [0.2, 0.25) is 0 Å². The molecule has 9 nitrogen and oxygen atoms in total. The van der Waals surface area contributed by atoms with Gasteiger partial charge in [0.1, 0.15) is 19.8 Å². The highest BCUT2D eigenvalue weighted by molar-refractivity contribution is 7.45. The van der Waals surface area contributed by atoms with Gasteiger partial charge in [0, 0.05) is 12.8 Å². The number of carbonyl (C=O) groups is 2. The first-order chi connectivity index (χ1) is 38.0. The van der Waals surface area contributed by atoms with Crippen molar-refractivity contribution in [1.29, 1.82) is 0 Å². The number of carbonyl (C=O) groups excluding carboxylic acids is 2. The van der Waals surface area contributed by atoms with Crippen LogP contribution in [0.25, 0.3) is 0 Å². The first kappa shape index (κ1) is 76.5. The molecule has 0 fully saturated rings. The summed E-state index contributed by atoms with van der Waals surface area (Å²) >= 11 is 0. The zero-order valence-electron chi connectivity index (χ0n) is 52.6. The van der Waals surface area contributed by atoms with Gasteiger partial charge in [0.25, 0.3) is 7.82 Å². The van der Waals surface area contributed by atoms with Gasteiger partial charge in [0.2, 0.25) is 0 Å². The minimum Gasteiger partial charge on any atom is -0.756 e. The minimum absolute atomic E-state index is 0.0278. The van der Waals surface area contributed by atoms with E-state index in [-0.39, 0.29) is 32.0 Å². The molecule has 0 aliphatic carbocycles. The molecule has 2 unspecified atom stereocenters. The molecule has 0 N–H and O–H groups in total. The second-order valence-electron chi connectivity index (χ2n) is 24.6. The number of unbranched alkanes of at least 4 members (excludes halogenated alkanes) is 46. The van der Waals surface area contributed by atoms with Gasteiger partial charge in [-0.1, -0.05) is 314 Å². The number of hydrogen-bond acceptors (Lipinski definition) is 8. The quantitative estimate of drug-likeness (QED) is 0.0195. The molecule has 0 rings (SSSR count). The van der Waals surface area contributed by atoms with Crippen molar-refractivity contribution in [2.45, 2.75) is 354 Å². The van der Waals surface area contributed by atoms with Gasteiger partial charge in [-0.2, -0.15) is 0 Å². The maximum atomic E-state index is 12.8. The summed E-state index contributed by atoms with van der Waals surface area (Å²) in [6.07, 6.45) is 74.0. The monoisotopic (exact) mass is 1120 g/mol. The third-order valence-corrected chi connectivity index (χ3v) is 16.4. The fourth-order valence-electron chi connectivity index (χ4n) is 10.2. The van der Waals surface area contributed by atoms with Gasteiger partial charge >= 0.3 is 11.9 Å². The summed E-state index contributed by atoms with van der Waals surface area (Å²) in [5.41, 5.74) is 0. The molecule has 78 heavy (non-hydrogen) atoms. The van der Waals surface area contributed by atoms with E-state index in [4.69, 9.17) is 18.5 Å². The Balaban J connectivity index is 4.01. The fraction of sp³-hybridized carbons (Fsp3) is 0.912. The summed E-state index contributed by atoms with van der Waals surface area (Å²) in [7, 11) is 1.19. The molecule has 0 heterocycles. The average molecular weight is 1120 g/mol. The minimum atomic E-state index is -4.64. The molecular weight excluding hydrogens is 990 g/mol. The Morgan fingerprint density at radius 3 is 1.01 bits per heavy atom. The third kappa shape index (κ3) is 63.7. The maximum absolute atomic E-state index is 12.8. The number of hydrogen-bond donors (Lipinski definition) is 0. The Kier molecular flexibility index (Phi) is 58.9. The molecule has 462 valence electrons. The standard InChI is InChI=1S/C68H132NO8P/c1-6-8-10-12-14-16-18-20-22-24-26-28-30-32-33-34-35-37-38-40-42-44-46-48-50-52-54-56-58-60-67(70)74-64-66(65-76-78(72,73)75-63-62-69(3,4)5)77-68(71)61-59-57-55-53-51-49-47-45-43-41-39-36-31-29-27-25-23-21-19-17-15-13-11-9-7-2/h19,21,25,27,66H,6-18,20,22-24,26,28-65H2,1-5H3/b21-19-,27-25-. The molecule has 10 heteroatoms. The van der Waals surface area contributed by atoms with Crippen molar-refractivity contribution in [3.05, 3.63) is 24.3 Å². The van der Waals surface area contributed by atoms with Crippen molar-refractivity contribution in [1.82, 2.24) is 0 Å². The van der Waals surface area contributed by atoms with Crippen molar-refractivity contribution in [3.63, 3.8) is 0 Å². The lowest BCUT2D eigenvalue weighted by Gasteiger charge is -2.28. The van der Waals surface area contributed by atoms with Crippen molar-refractivity contribution >= 4 is 19.8 Å². The lowest BCUT2D eigenvalue weighted by Crippen LogP contribution is -2.37. The van der Waals surface area contributed by atoms with E-state index in [1.165, 1.54) is 270 Å². The molecule has 0 radical (unpaired) electrons. The molecule has 2 atom stereocenters. The molecule has 0 amide bonds. The predicted octanol–water partition coefficient (Wildman–Crippen LogP) is 21.1. The molecular formula is C68H132NO8P. The van der Waals surface area contributed by atoms with E-state index in [0.29, 0.717) is 17.4 Å². The van der Waals surface area contributed by atoms with Gasteiger partial charge in [0.05, 0.1) is 27.7 Å². The van der Waals surface area contributed by atoms with E-state index in [0.717, 1.165) is 44.9 Å². The van der Waals surface area contributed by atoms with Crippen LogP contribution < -0.4 is 4.89 Å². The summed E-state index contributed by atoms with van der Waals surface area (Å²) in [5, 5.41) is 0. The zero-order chi connectivity index (χ0) is 57.0. The normalized spacial score (nSPS) is 13.3. The largest absolute Gasteiger partial charge is 0.756 e. The number of nitrogens with zero attached hydrogens (tertiary/aromatic N) is 1. The van der Waals surface area contributed by atoms with E-state index in [1.54, 1.807) is 0 Å². The van der Waals surface area contributed by atoms with Crippen LogP contribution in [0.15, 0.2) is 24.3 Å². The molecule has 0 spiro atoms. The van der Waals surface area contributed by atoms with Gasteiger partial charge in [-0.3, -0.25) is 14.2 Å². The number of quaternary nitrogens is 1.